The van der Waals surface area contributed by atoms with Gasteiger partial charge in [0.1, 0.15) is 0 Å². The van der Waals surface area contributed by atoms with E-state index in [0.29, 0.717) is 32.7 Å². The Labute approximate surface area is 137 Å². The van der Waals surface area contributed by atoms with Crippen LogP contribution in [-0.4, -0.2) is 11.0 Å². The Morgan fingerprint density at radius 2 is 1.86 bits per heavy atom. The summed E-state index contributed by atoms with van der Waals surface area (Å²) in [6.45, 7) is 3.51. The van der Waals surface area contributed by atoms with Crippen LogP contribution in [0.4, 0.5) is 16.2 Å². The van der Waals surface area contributed by atoms with Crippen LogP contribution in [-0.2, 0) is 0 Å². The molecule has 2 rings (SSSR count). The van der Waals surface area contributed by atoms with Crippen LogP contribution in [0, 0.1) is 13.8 Å². The number of aryl methyl sites for hydroxylation is 1. The first kappa shape index (κ1) is 15.9. The van der Waals surface area contributed by atoms with Crippen molar-refractivity contribution < 1.29 is 4.79 Å². The first-order valence-electron chi connectivity index (χ1n) is 6.04. The number of carbonyl (C=O) groups excluding carboxylic acids is 1. The summed E-state index contributed by atoms with van der Waals surface area (Å²) < 4.78 is 0. The highest BCUT2D eigenvalue weighted by Crippen LogP contribution is 2.31. The Morgan fingerprint density at radius 1 is 1.14 bits per heavy atom. The van der Waals surface area contributed by atoms with Crippen molar-refractivity contribution in [2.45, 2.75) is 13.8 Å². The molecule has 4 nitrogen and oxygen atoms in total. The third-order valence-electron chi connectivity index (χ3n) is 2.82. The Morgan fingerprint density at radius 3 is 2.52 bits per heavy atom. The average Bonchev–Trinajstić information content (AvgIpc) is 2.41. The molecule has 0 fully saturated rings. The van der Waals surface area contributed by atoms with Crippen molar-refractivity contribution in [1.29, 1.82) is 0 Å². The molecule has 2 amide bonds. The van der Waals surface area contributed by atoms with Gasteiger partial charge in [0, 0.05) is 10.7 Å². The highest BCUT2D eigenvalue weighted by Gasteiger charge is 2.14. The van der Waals surface area contributed by atoms with Crippen LogP contribution in [0.25, 0.3) is 0 Å². The Hall–Kier alpha value is -1.49. The van der Waals surface area contributed by atoms with E-state index in [1.54, 1.807) is 38.1 Å². The van der Waals surface area contributed by atoms with E-state index in [9.17, 15) is 4.79 Å². The van der Waals surface area contributed by atoms with Gasteiger partial charge in [0.15, 0.2) is 5.15 Å². The minimum absolute atomic E-state index is 0.190. The fourth-order valence-electron chi connectivity index (χ4n) is 1.78. The Balaban J connectivity index is 2.19. The molecule has 0 bridgehead atoms. The minimum Gasteiger partial charge on any atom is -0.308 e. The van der Waals surface area contributed by atoms with E-state index in [4.69, 9.17) is 34.8 Å². The van der Waals surface area contributed by atoms with Crippen molar-refractivity contribution >= 4 is 52.2 Å². The van der Waals surface area contributed by atoms with Crippen molar-refractivity contribution in [3.63, 3.8) is 0 Å². The highest BCUT2D eigenvalue weighted by atomic mass is 35.5. The summed E-state index contributed by atoms with van der Waals surface area (Å²) in [5.74, 6) is 0. The van der Waals surface area contributed by atoms with Crippen molar-refractivity contribution in [2.75, 3.05) is 10.6 Å². The molecule has 0 saturated heterocycles. The molecule has 1 aromatic heterocycles. The van der Waals surface area contributed by atoms with Gasteiger partial charge in [-0.3, -0.25) is 0 Å². The predicted octanol–water partition coefficient (Wildman–Crippen LogP) is 5.30. The molecule has 0 atom stereocenters. The van der Waals surface area contributed by atoms with Crippen molar-refractivity contribution in [3.05, 3.63) is 50.7 Å². The van der Waals surface area contributed by atoms with Crippen molar-refractivity contribution in [1.82, 2.24) is 4.98 Å². The summed E-state index contributed by atoms with van der Waals surface area (Å²) in [4.78, 5) is 16.1. The lowest BCUT2D eigenvalue weighted by molar-refractivity contribution is 0.262. The van der Waals surface area contributed by atoms with Gasteiger partial charge in [-0.05, 0) is 37.6 Å². The second-order valence-corrected chi connectivity index (χ2v) is 5.56. The molecule has 0 unspecified atom stereocenters. The fourth-order valence-corrected chi connectivity index (χ4v) is 2.42. The highest BCUT2D eigenvalue weighted by molar-refractivity contribution is 6.36. The lowest BCUT2D eigenvalue weighted by atomic mass is 10.2. The number of urea groups is 1. The third-order valence-corrected chi connectivity index (χ3v) is 3.88. The standard InChI is InChI=1S/C14H12Cl3N3O/c1-7-11(16)8(2)18-13(17)12(7)20-14(21)19-10-5-3-4-9(15)6-10/h3-6H,1-2H3,(H2,19,20,21). The molecule has 0 radical (unpaired) electrons. The molecule has 0 aliphatic carbocycles. The number of pyridine rings is 1. The number of nitrogens with one attached hydrogen (secondary N) is 2. The molecule has 0 saturated carbocycles. The maximum atomic E-state index is 12.0. The molecule has 7 heteroatoms. The minimum atomic E-state index is -0.455. The van der Waals surface area contributed by atoms with E-state index in [1.165, 1.54) is 0 Å². The van der Waals surface area contributed by atoms with E-state index in [-0.39, 0.29) is 5.15 Å². The van der Waals surface area contributed by atoms with Crippen LogP contribution in [0.3, 0.4) is 0 Å². The van der Waals surface area contributed by atoms with E-state index >= 15 is 0 Å². The molecule has 21 heavy (non-hydrogen) atoms. The maximum Gasteiger partial charge on any atom is 0.323 e. The first-order valence-corrected chi connectivity index (χ1v) is 7.17. The van der Waals surface area contributed by atoms with Gasteiger partial charge in [-0.1, -0.05) is 40.9 Å². The molecule has 0 aliphatic rings. The summed E-state index contributed by atoms with van der Waals surface area (Å²) in [6.07, 6.45) is 0. The molecule has 2 aromatic rings. The van der Waals surface area contributed by atoms with E-state index in [2.05, 4.69) is 15.6 Å². The smallest absolute Gasteiger partial charge is 0.308 e. The van der Waals surface area contributed by atoms with E-state index in [0.717, 1.165) is 0 Å². The number of nitrogens with zero attached hydrogens (tertiary/aromatic N) is 1. The summed E-state index contributed by atoms with van der Waals surface area (Å²) in [5.41, 5.74) is 2.22. The number of halogens is 3. The van der Waals surface area contributed by atoms with Crippen LogP contribution in [0.5, 0.6) is 0 Å². The lowest BCUT2D eigenvalue weighted by Crippen LogP contribution is -2.20. The maximum absolute atomic E-state index is 12.0. The molecule has 1 aromatic carbocycles. The van der Waals surface area contributed by atoms with Crippen LogP contribution >= 0.6 is 34.8 Å². The SMILES string of the molecule is Cc1nc(Cl)c(NC(=O)Nc2cccc(Cl)c2)c(C)c1Cl. The summed E-state index contributed by atoms with van der Waals surface area (Å²) in [7, 11) is 0. The molecule has 1 heterocycles. The van der Waals surface area contributed by atoms with Gasteiger partial charge in [-0.15, -0.1) is 0 Å². The zero-order valence-electron chi connectivity index (χ0n) is 11.3. The number of amides is 2. The van der Waals surface area contributed by atoms with Gasteiger partial charge in [-0.2, -0.15) is 0 Å². The molecule has 0 aliphatic heterocycles. The van der Waals surface area contributed by atoms with Gasteiger partial charge < -0.3 is 10.6 Å². The molecular formula is C14H12Cl3N3O. The van der Waals surface area contributed by atoms with Gasteiger partial charge in [0.25, 0.3) is 0 Å². The number of aromatic nitrogens is 1. The third kappa shape index (κ3) is 3.79. The predicted molar refractivity (Wildman–Crippen MR) is 87.8 cm³/mol. The van der Waals surface area contributed by atoms with Gasteiger partial charge in [-0.25, -0.2) is 9.78 Å². The summed E-state index contributed by atoms with van der Waals surface area (Å²) in [6, 6.07) is 6.36. The lowest BCUT2D eigenvalue weighted by Gasteiger charge is -2.13. The average molecular weight is 345 g/mol. The molecule has 2 N–H and O–H groups in total. The van der Waals surface area contributed by atoms with Crippen LogP contribution in [0.2, 0.25) is 15.2 Å². The zero-order valence-corrected chi connectivity index (χ0v) is 13.6. The second-order valence-electron chi connectivity index (χ2n) is 4.39. The number of hydrogen-bond donors (Lipinski definition) is 2. The van der Waals surface area contributed by atoms with E-state index < -0.39 is 6.03 Å². The number of benzene rings is 1. The number of hydrogen-bond acceptors (Lipinski definition) is 2. The van der Waals surface area contributed by atoms with Gasteiger partial charge in [0.05, 0.1) is 16.4 Å². The Bertz CT molecular complexity index is 704. The topological polar surface area (TPSA) is 54.0 Å². The largest absolute Gasteiger partial charge is 0.323 e. The van der Waals surface area contributed by atoms with Crippen LogP contribution in [0.1, 0.15) is 11.3 Å². The zero-order chi connectivity index (χ0) is 15.6. The van der Waals surface area contributed by atoms with Crippen molar-refractivity contribution in [3.8, 4) is 0 Å². The summed E-state index contributed by atoms with van der Waals surface area (Å²) >= 11 is 18.0. The number of carbonyl (C=O) groups is 1. The fraction of sp³-hybridized carbons (Fsp3) is 0.143. The van der Waals surface area contributed by atoms with Crippen molar-refractivity contribution in [2.24, 2.45) is 0 Å². The van der Waals surface area contributed by atoms with Crippen LogP contribution in [0.15, 0.2) is 24.3 Å². The van der Waals surface area contributed by atoms with E-state index in [1.807, 2.05) is 0 Å². The van der Waals surface area contributed by atoms with Crippen LogP contribution < -0.4 is 10.6 Å². The normalized spacial score (nSPS) is 10.3. The first-order chi connectivity index (χ1) is 9.88. The summed E-state index contributed by atoms with van der Waals surface area (Å²) in [5, 5.41) is 6.49. The molecule has 0 spiro atoms. The Kier molecular flexibility index (Phi) is 4.93. The second kappa shape index (κ2) is 6.52. The van der Waals surface area contributed by atoms with Gasteiger partial charge >= 0.3 is 6.03 Å². The monoisotopic (exact) mass is 343 g/mol. The molecular weight excluding hydrogens is 333 g/mol. The quantitative estimate of drug-likeness (QED) is 0.726. The van der Waals surface area contributed by atoms with Gasteiger partial charge in [0.2, 0.25) is 0 Å². The number of rotatable bonds is 2. The molecule has 110 valence electrons. The number of anilines is 2.